The summed E-state index contributed by atoms with van der Waals surface area (Å²) in [5, 5.41) is 14.0. The first-order chi connectivity index (χ1) is 9.81. The van der Waals surface area contributed by atoms with Crippen LogP contribution in [0, 0.1) is 5.92 Å². The minimum Gasteiger partial charge on any atom is -0.388 e. The molecule has 1 atom stereocenters. The zero-order valence-corrected chi connectivity index (χ0v) is 12.4. The average molecular weight is 288 g/mol. The van der Waals surface area contributed by atoms with Crippen molar-refractivity contribution in [3.63, 3.8) is 0 Å². The summed E-state index contributed by atoms with van der Waals surface area (Å²) in [6, 6.07) is 8.71. The van der Waals surface area contributed by atoms with Crippen molar-refractivity contribution in [3.05, 3.63) is 46.4 Å². The molecule has 112 valence electrons. The predicted molar refractivity (Wildman–Crippen MR) is 82.4 cm³/mol. The number of aliphatic hydroxyl groups is 1. The fraction of sp³-hybridized carbons (Fsp3) is 0.375. The highest BCUT2D eigenvalue weighted by Gasteiger charge is 2.25. The van der Waals surface area contributed by atoms with Crippen LogP contribution < -0.4 is 10.9 Å². The van der Waals surface area contributed by atoms with Crippen molar-refractivity contribution in [2.24, 2.45) is 5.92 Å². The smallest absolute Gasteiger partial charge is 0.267 e. The molecule has 0 saturated carbocycles. The third kappa shape index (κ3) is 3.31. The van der Waals surface area contributed by atoms with E-state index < -0.39 is 11.5 Å². The van der Waals surface area contributed by atoms with Gasteiger partial charge in [0.15, 0.2) is 0 Å². The van der Waals surface area contributed by atoms with Crippen molar-refractivity contribution >= 4 is 16.7 Å². The van der Waals surface area contributed by atoms with Gasteiger partial charge in [-0.25, -0.2) is 0 Å². The SMILES string of the molecule is CC(C)C(C)(O)CNC(=O)c1cc2ccccc2c(=O)[nH]1. The summed E-state index contributed by atoms with van der Waals surface area (Å²) < 4.78 is 0. The Morgan fingerprint density at radius 3 is 2.71 bits per heavy atom. The first-order valence-electron chi connectivity index (χ1n) is 6.94. The number of aromatic nitrogens is 1. The average Bonchev–Trinajstić information content (AvgIpc) is 2.44. The molecule has 3 N–H and O–H groups in total. The molecule has 0 aliphatic rings. The second kappa shape index (κ2) is 5.69. The first kappa shape index (κ1) is 15.3. The van der Waals surface area contributed by atoms with Crippen molar-refractivity contribution in [1.82, 2.24) is 10.3 Å². The van der Waals surface area contributed by atoms with Gasteiger partial charge in [0.2, 0.25) is 0 Å². The normalized spacial score (nSPS) is 14.1. The summed E-state index contributed by atoms with van der Waals surface area (Å²) in [6.45, 7) is 5.55. The number of nitrogens with one attached hydrogen (secondary N) is 2. The Labute approximate surface area is 123 Å². The quantitative estimate of drug-likeness (QED) is 0.800. The van der Waals surface area contributed by atoms with Gasteiger partial charge >= 0.3 is 0 Å². The Morgan fingerprint density at radius 1 is 1.38 bits per heavy atom. The molecule has 1 amide bonds. The van der Waals surface area contributed by atoms with Gasteiger partial charge in [0, 0.05) is 11.9 Å². The third-order valence-corrected chi connectivity index (χ3v) is 3.85. The molecular weight excluding hydrogens is 268 g/mol. The first-order valence-corrected chi connectivity index (χ1v) is 6.94. The molecule has 0 bridgehead atoms. The number of fused-ring (bicyclic) bond motifs is 1. The van der Waals surface area contributed by atoms with Crippen molar-refractivity contribution in [3.8, 4) is 0 Å². The molecule has 0 saturated heterocycles. The number of amides is 1. The van der Waals surface area contributed by atoms with Crippen molar-refractivity contribution in [2.45, 2.75) is 26.4 Å². The predicted octanol–water partition coefficient (Wildman–Crippen LogP) is 1.66. The number of H-pyrrole nitrogens is 1. The van der Waals surface area contributed by atoms with E-state index in [1.165, 1.54) is 0 Å². The number of pyridine rings is 1. The van der Waals surface area contributed by atoms with Crippen LogP contribution in [0.5, 0.6) is 0 Å². The zero-order chi connectivity index (χ0) is 15.6. The lowest BCUT2D eigenvalue weighted by atomic mass is 9.92. The zero-order valence-electron chi connectivity index (χ0n) is 12.4. The van der Waals surface area contributed by atoms with Gasteiger partial charge in [0.05, 0.1) is 5.60 Å². The topological polar surface area (TPSA) is 82.2 Å². The lowest BCUT2D eigenvalue weighted by Crippen LogP contribution is -2.44. The van der Waals surface area contributed by atoms with Crippen LogP contribution in [0.4, 0.5) is 0 Å². The standard InChI is InChI=1S/C16H20N2O3/c1-10(2)16(3,21)9-17-15(20)13-8-11-6-4-5-7-12(11)14(19)18-13/h4-8,10,21H,9H2,1-3H3,(H,17,20)(H,18,19). The van der Waals surface area contributed by atoms with E-state index in [2.05, 4.69) is 10.3 Å². The number of rotatable bonds is 4. The van der Waals surface area contributed by atoms with E-state index in [-0.39, 0.29) is 23.7 Å². The second-order valence-electron chi connectivity index (χ2n) is 5.79. The van der Waals surface area contributed by atoms with Gasteiger partial charge in [0.25, 0.3) is 11.5 Å². The van der Waals surface area contributed by atoms with Gasteiger partial charge in [-0.2, -0.15) is 0 Å². The molecule has 1 aromatic carbocycles. The lowest BCUT2D eigenvalue weighted by Gasteiger charge is -2.27. The van der Waals surface area contributed by atoms with Crippen molar-refractivity contribution in [2.75, 3.05) is 6.54 Å². The van der Waals surface area contributed by atoms with Crippen LogP contribution in [0.1, 0.15) is 31.3 Å². The second-order valence-corrected chi connectivity index (χ2v) is 5.79. The minimum atomic E-state index is -0.993. The monoisotopic (exact) mass is 288 g/mol. The summed E-state index contributed by atoms with van der Waals surface area (Å²) in [5.74, 6) is -0.396. The van der Waals surface area contributed by atoms with E-state index in [1.807, 2.05) is 19.9 Å². The fourth-order valence-corrected chi connectivity index (χ4v) is 1.89. The molecule has 1 heterocycles. The fourth-order valence-electron chi connectivity index (χ4n) is 1.89. The van der Waals surface area contributed by atoms with E-state index in [4.69, 9.17) is 0 Å². The van der Waals surface area contributed by atoms with E-state index in [1.54, 1.807) is 31.2 Å². The highest BCUT2D eigenvalue weighted by atomic mass is 16.3. The van der Waals surface area contributed by atoms with E-state index in [0.717, 1.165) is 0 Å². The van der Waals surface area contributed by atoms with Crippen LogP contribution >= 0.6 is 0 Å². The third-order valence-electron chi connectivity index (χ3n) is 3.85. The van der Waals surface area contributed by atoms with Gasteiger partial charge in [-0.1, -0.05) is 32.0 Å². The van der Waals surface area contributed by atoms with E-state index in [0.29, 0.717) is 10.8 Å². The number of hydrogen-bond donors (Lipinski definition) is 3. The lowest BCUT2D eigenvalue weighted by molar-refractivity contribution is 0.0142. The van der Waals surface area contributed by atoms with Crippen LogP contribution in [0.2, 0.25) is 0 Å². The van der Waals surface area contributed by atoms with Crippen LogP contribution in [0.25, 0.3) is 10.8 Å². The Hall–Kier alpha value is -2.14. The van der Waals surface area contributed by atoms with Crippen LogP contribution in [0.3, 0.4) is 0 Å². The number of benzene rings is 1. The highest BCUT2D eigenvalue weighted by molar-refractivity contribution is 5.96. The largest absolute Gasteiger partial charge is 0.388 e. The number of carbonyl (C=O) groups is 1. The molecule has 21 heavy (non-hydrogen) atoms. The van der Waals surface area contributed by atoms with E-state index >= 15 is 0 Å². The molecule has 1 aromatic heterocycles. The molecule has 2 rings (SSSR count). The van der Waals surface area contributed by atoms with Gasteiger partial charge < -0.3 is 15.4 Å². The maximum Gasteiger partial charge on any atom is 0.267 e. The minimum absolute atomic E-state index is 0.00783. The Morgan fingerprint density at radius 2 is 2.05 bits per heavy atom. The molecule has 0 fully saturated rings. The van der Waals surface area contributed by atoms with Crippen LogP contribution in [-0.4, -0.2) is 28.1 Å². The molecule has 5 heteroatoms. The summed E-state index contributed by atoms with van der Waals surface area (Å²) in [6.07, 6.45) is 0. The molecule has 1 unspecified atom stereocenters. The molecule has 0 spiro atoms. The molecule has 5 nitrogen and oxygen atoms in total. The Balaban J connectivity index is 2.23. The van der Waals surface area contributed by atoms with E-state index in [9.17, 15) is 14.7 Å². The molecule has 0 radical (unpaired) electrons. The summed E-state index contributed by atoms with van der Waals surface area (Å²) >= 11 is 0. The van der Waals surface area contributed by atoms with Crippen LogP contribution in [0.15, 0.2) is 35.1 Å². The number of aromatic amines is 1. The summed E-state index contributed by atoms with van der Waals surface area (Å²) in [5.41, 5.74) is -1.10. The highest BCUT2D eigenvalue weighted by Crippen LogP contribution is 2.15. The summed E-state index contributed by atoms with van der Waals surface area (Å²) in [7, 11) is 0. The van der Waals surface area contributed by atoms with Gasteiger partial charge in [-0.3, -0.25) is 9.59 Å². The van der Waals surface area contributed by atoms with Gasteiger partial charge in [-0.05, 0) is 30.4 Å². The number of hydrogen-bond acceptors (Lipinski definition) is 3. The maximum absolute atomic E-state index is 12.1. The molecular formula is C16H20N2O3. The van der Waals surface area contributed by atoms with Gasteiger partial charge in [0.1, 0.15) is 5.69 Å². The Kier molecular flexibility index (Phi) is 4.14. The maximum atomic E-state index is 12.1. The van der Waals surface area contributed by atoms with Gasteiger partial charge in [-0.15, -0.1) is 0 Å². The molecule has 0 aliphatic heterocycles. The molecule has 0 aliphatic carbocycles. The molecule has 2 aromatic rings. The number of carbonyl (C=O) groups excluding carboxylic acids is 1. The Bertz CT molecular complexity index is 717. The van der Waals surface area contributed by atoms with Crippen molar-refractivity contribution < 1.29 is 9.90 Å². The van der Waals surface area contributed by atoms with Crippen LogP contribution in [-0.2, 0) is 0 Å². The summed E-state index contributed by atoms with van der Waals surface area (Å²) in [4.78, 5) is 26.6. The van der Waals surface area contributed by atoms with Crippen molar-refractivity contribution in [1.29, 1.82) is 0 Å².